The molecule has 1 aromatic rings. The standard InChI is InChI=1S/C13H18N2O2/c1-10(16)15-12-4-2-3-11(7-12)8-13(17)5-6-14-9-13/h2-4,7,14,17H,5-6,8-9H2,1H3,(H,15,16). The Kier molecular flexibility index (Phi) is 3.45. The van der Waals surface area contributed by atoms with Gasteiger partial charge in [-0.1, -0.05) is 12.1 Å². The molecule has 1 saturated heterocycles. The maximum absolute atomic E-state index is 11.0. The van der Waals surface area contributed by atoms with Gasteiger partial charge in [-0.05, 0) is 30.7 Å². The van der Waals surface area contributed by atoms with E-state index < -0.39 is 5.60 Å². The third kappa shape index (κ3) is 3.28. The lowest BCUT2D eigenvalue weighted by Gasteiger charge is -2.21. The lowest BCUT2D eigenvalue weighted by molar-refractivity contribution is -0.114. The third-order valence-electron chi connectivity index (χ3n) is 3.00. The van der Waals surface area contributed by atoms with Crippen molar-refractivity contribution in [1.82, 2.24) is 5.32 Å². The molecule has 1 aromatic carbocycles. The summed E-state index contributed by atoms with van der Waals surface area (Å²) in [6.45, 7) is 2.99. The van der Waals surface area contributed by atoms with Crippen molar-refractivity contribution in [2.24, 2.45) is 0 Å². The molecule has 0 saturated carbocycles. The summed E-state index contributed by atoms with van der Waals surface area (Å²) >= 11 is 0. The van der Waals surface area contributed by atoms with Crippen LogP contribution in [0.2, 0.25) is 0 Å². The van der Waals surface area contributed by atoms with Crippen LogP contribution in [-0.4, -0.2) is 29.7 Å². The summed E-state index contributed by atoms with van der Waals surface area (Å²) in [7, 11) is 0. The number of rotatable bonds is 3. The van der Waals surface area contributed by atoms with Gasteiger partial charge in [0.05, 0.1) is 5.60 Å². The fraction of sp³-hybridized carbons (Fsp3) is 0.462. The van der Waals surface area contributed by atoms with Crippen molar-refractivity contribution in [2.45, 2.75) is 25.4 Å². The Morgan fingerprint density at radius 3 is 3.06 bits per heavy atom. The highest BCUT2D eigenvalue weighted by Gasteiger charge is 2.30. The third-order valence-corrected chi connectivity index (χ3v) is 3.00. The molecule has 1 aliphatic rings. The molecule has 1 heterocycles. The summed E-state index contributed by atoms with van der Waals surface area (Å²) in [6, 6.07) is 7.63. The molecule has 0 bridgehead atoms. The molecular formula is C13H18N2O2. The molecule has 0 aromatic heterocycles. The van der Waals surface area contributed by atoms with Crippen LogP contribution in [0, 0.1) is 0 Å². The molecule has 17 heavy (non-hydrogen) atoms. The van der Waals surface area contributed by atoms with Crippen molar-refractivity contribution in [3.8, 4) is 0 Å². The number of hydrogen-bond donors (Lipinski definition) is 3. The van der Waals surface area contributed by atoms with Gasteiger partial charge in [-0.25, -0.2) is 0 Å². The fourth-order valence-electron chi connectivity index (χ4n) is 2.22. The highest BCUT2D eigenvalue weighted by molar-refractivity contribution is 5.88. The normalized spacial score (nSPS) is 23.6. The summed E-state index contributed by atoms with van der Waals surface area (Å²) in [5.41, 5.74) is 1.18. The van der Waals surface area contributed by atoms with Gasteiger partial charge in [0.1, 0.15) is 0 Å². The summed E-state index contributed by atoms with van der Waals surface area (Å²) < 4.78 is 0. The summed E-state index contributed by atoms with van der Waals surface area (Å²) in [5.74, 6) is -0.0802. The zero-order valence-electron chi connectivity index (χ0n) is 9.99. The molecule has 2 rings (SSSR count). The van der Waals surface area contributed by atoms with Gasteiger partial charge < -0.3 is 15.7 Å². The zero-order chi connectivity index (χ0) is 12.3. The minimum atomic E-state index is -0.644. The number of amides is 1. The van der Waals surface area contributed by atoms with Gasteiger partial charge in [0.25, 0.3) is 0 Å². The van der Waals surface area contributed by atoms with E-state index in [-0.39, 0.29) is 5.91 Å². The van der Waals surface area contributed by atoms with Crippen molar-refractivity contribution < 1.29 is 9.90 Å². The van der Waals surface area contributed by atoms with E-state index in [0.29, 0.717) is 13.0 Å². The number of benzene rings is 1. The number of hydrogen-bond acceptors (Lipinski definition) is 3. The van der Waals surface area contributed by atoms with Crippen LogP contribution < -0.4 is 10.6 Å². The lowest BCUT2D eigenvalue weighted by atomic mass is 9.93. The van der Waals surface area contributed by atoms with Crippen molar-refractivity contribution in [1.29, 1.82) is 0 Å². The first kappa shape index (κ1) is 12.1. The molecule has 92 valence electrons. The minimum absolute atomic E-state index is 0.0802. The minimum Gasteiger partial charge on any atom is -0.388 e. The maximum atomic E-state index is 11.0. The first-order chi connectivity index (χ1) is 8.07. The lowest BCUT2D eigenvalue weighted by Crippen LogP contribution is -2.33. The highest BCUT2D eigenvalue weighted by Crippen LogP contribution is 2.22. The van der Waals surface area contributed by atoms with E-state index in [1.54, 1.807) is 0 Å². The van der Waals surface area contributed by atoms with E-state index in [4.69, 9.17) is 0 Å². The molecule has 1 aliphatic heterocycles. The smallest absolute Gasteiger partial charge is 0.221 e. The molecule has 1 atom stereocenters. The van der Waals surface area contributed by atoms with Gasteiger partial charge in [-0.15, -0.1) is 0 Å². The van der Waals surface area contributed by atoms with E-state index in [2.05, 4.69) is 10.6 Å². The Morgan fingerprint density at radius 1 is 1.59 bits per heavy atom. The van der Waals surface area contributed by atoms with Crippen LogP contribution in [0.25, 0.3) is 0 Å². The number of carbonyl (C=O) groups excluding carboxylic acids is 1. The van der Waals surface area contributed by atoms with Gasteiger partial charge in [-0.3, -0.25) is 4.79 Å². The molecule has 0 radical (unpaired) electrons. The average Bonchev–Trinajstić information content (AvgIpc) is 2.64. The second-order valence-electron chi connectivity index (χ2n) is 4.71. The van der Waals surface area contributed by atoms with E-state index in [9.17, 15) is 9.90 Å². The SMILES string of the molecule is CC(=O)Nc1cccc(CC2(O)CCNC2)c1. The molecule has 1 unspecified atom stereocenters. The second kappa shape index (κ2) is 4.85. The molecular weight excluding hydrogens is 216 g/mol. The monoisotopic (exact) mass is 234 g/mol. The van der Waals surface area contributed by atoms with Crippen molar-refractivity contribution >= 4 is 11.6 Å². The predicted molar refractivity (Wildman–Crippen MR) is 66.9 cm³/mol. The van der Waals surface area contributed by atoms with Crippen LogP contribution in [0.4, 0.5) is 5.69 Å². The molecule has 4 nitrogen and oxygen atoms in total. The number of β-amino-alcohol motifs (C(OH)–C–C–N with tert-alkyl or cyclic N) is 1. The number of aliphatic hydroxyl groups is 1. The van der Waals surface area contributed by atoms with Gasteiger partial charge in [0.2, 0.25) is 5.91 Å². The van der Waals surface area contributed by atoms with E-state index in [0.717, 1.165) is 24.2 Å². The van der Waals surface area contributed by atoms with Crippen molar-refractivity contribution in [3.05, 3.63) is 29.8 Å². The first-order valence-electron chi connectivity index (χ1n) is 5.87. The first-order valence-corrected chi connectivity index (χ1v) is 5.87. The van der Waals surface area contributed by atoms with Crippen LogP contribution >= 0.6 is 0 Å². The van der Waals surface area contributed by atoms with E-state index in [1.807, 2.05) is 24.3 Å². The van der Waals surface area contributed by atoms with Crippen LogP contribution in [-0.2, 0) is 11.2 Å². The highest BCUT2D eigenvalue weighted by atomic mass is 16.3. The van der Waals surface area contributed by atoms with Crippen LogP contribution in [0.15, 0.2) is 24.3 Å². The average molecular weight is 234 g/mol. The Labute approximate surface area is 101 Å². The number of anilines is 1. The van der Waals surface area contributed by atoms with Crippen LogP contribution in [0.5, 0.6) is 0 Å². The Morgan fingerprint density at radius 2 is 2.41 bits per heavy atom. The maximum Gasteiger partial charge on any atom is 0.221 e. The van der Waals surface area contributed by atoms with Crippen LogP contribution in [0.3, 0.4) is 0 Å². The van der Waals surface area contributed by atoms with E-state index in [1.165, 1.54) is 6.92 Å². The number of carbonyl (C=O) groups is 1. The van der Waals surface area contributed by atoms with Crippen molar-refractivity contribution in [3.63, 3.8) is 0 Å². The molecule has 0 aliphatic carbocycles. The molecule has 1 amide bonds. The van der Waals surface area contributed by atoms with Gasteiger partial charge in [0.15, 0.2) is 0 Å². The summed E-state index contributed by atoms with van der Waals surface area (Å²) in [4.78, 5) is 11.0. The van der Waals surface area contributed by atoms with Gasteiger partial charge >= 0.3 is 0 Å². The summed E-state index contributed by atoms with van der Waals surface area (Å²) in [5, 5.41) is 16.2. The topological polar surface area (TPSA) is 61.4 Å². The van der Waals surface area contributed by atoms with Gasteiger partial charge in [-0.2, -0.15) is 0 Å². The van der Waals surface area contributed by atoms with Gasteiger partial charge in [0, 0.05) is 25.6 Å². The second-order valence-corrected chi connectivity index (χ2v) is 4.71. The zero-order valence-corrected chi connectivity index (χ0v) is 9.99. The Bertz CT molecular complexity index is 412. The fourth-order valence-corrected chi connectivity index (χ4v) is 2.22. The molecule has 1 fully saturated rings. The Hall–Kier alpha value is -1.39. The largest absolute Gasteiger partial charge is 0.388 e. The molecule has 3 N–H and O–H groups in total. The number of nitrogens with one attached hydrogen (secondary N) is 2. The predicted octanol–water partition coefficient (Wildman–Crippen LogP) is 0.912. The molecule has 0 spiro atoms. The van der Waals surface area contributed by atoms with Crippen LogP contribution in [0.1, 0.15) is 18.9 Å². The molecule has 4 heteroatoms. The quantitative estimate of drug-likeness (QED) is 0.728. The summed E-state index contributed by atoms with van der Waals surface area (Å²) in [6.07, 6.45) is 1.39. The van der Waals surface area contributed by atoms with Crippen molar-refractivity contribution in [2.75, 3.05) is 18.4 Å². The van der Waals surface area contributed by atoms with E-state index >= 15 is 0 Å². The Balaban J connectivity index is 2.08.